The summed E-state index contributed by atoms with van der Waals surface area (Å²) >= 11 is 0. The molecule has 7 aromatic rings. The van der Waals surface area contributed by atoms with E-state index >= 15 is 0 Å². The molecule has 3 heterocycles. The van der Waals surface area contributed by atoms with Crippen molar-refractivity contribution in [1.29, 1.82) is 0 Å². The Labute approximate surface area is 263 Å². The first-order valence-corrected chi connectivity index (χ1v) is 18.1. The molecule has 0 aliphatic carbocycles. The Bertz CT molecular complexity index is 2110. The van der Waals surface area contributed by atoms with Gasteiger partial charge in [-0.2, -0.15) is 0 Å². The molecular weight excluding hydrogens is 567 g/mol. The Morgan fingerprint density at radius 3 is 1.29 bits per heavy atom. The van der Waals surface area contributed by atoms with Gasteiger partial charge in [0.2, 0.25) is 0 Å². The van der Waals surface area contributed by atoms with Crippen LogP contribution in [0.1, 0.15) is 0 Å². The van der Waals surface area contributed by atoms with E-state index in [1.165, 1.54) is 21.6 Å². The van der Waals surface area contributed by atoms with E-state index in [1.807, 2.05) is 66.7 Å². The zero-order valence-corrected chi connectivity index (χ0v) is 26.0. The fraction of sp³-hybridized carbons (Fsp3) is 0.0513. The quantitative estimate of drug-likeness (QED) is 0.190. The maximum absolute atomic E-state index is 5.30. The minimum Gasteiger partial charge on any atom is -0.237 e. The van der Waals surface area contributed by atoms with Gasteiger partial charge in [0, 0.05) is 38.7 Å². The number of hydrogen-bond donors (Lipinski definition) is 0. The highest BCUT2D eigenvalue weighted by atomic mass is 28.3. The second kappa shape index (κ2) is 10.8. The second-order valence-corrected chi connectivity index (χ2v) is 16.0. The van der Waals surface area contributed by atoms with Crippen LogP contribution in [0.3, 0.4) is 0 Å². The molecule has 0 saturated carbocycles. The van der Waals surface area contributed by atoms with Gasteiger partial charge < -0.3 is 0 Å². The lowest BCUT2D eigenvalue weighted by atomic mass is 10.0. The van der Waals surface area contributed by atoms with Gasteiger partial charge >= 0.3 is 0 Å². The third-order valence-electron chi connectivity index (χ3n) is 8.52. The van der Waals surface area contributed by atoms with Crippen molar-refractivity contribution in [2.75, 3.05) is 0 Å². The number of rotatable bonds is 5. The van der Waals surface area contributed by atoms with E-state index < -0.39 is 8.07 Å². The summed E-state index contributed by atoms with van der Waals surface area (Å²) in [5.74, 6) is 2.64. The first-order valence-electron chi connectivity index (χ1n) is 15.1. The molecule has 45 heavy (non-hydrogen) atoms. The molecule has 5 nitrogen and oxygen atoms in total. The monoisotopic (exact) mass is 595 g/mol. The average Bonchev–Trinajstić information content (AvgIpc) is 3.35. The molecule has 0 bridgehead atoms. The number of aromatic nitrogens is 5. The van der Waals surface area contributed by atoms with E-state index in [0.717, 1.165) is 39.3 Å². The van der Waals surface area contributed by atoms with Crippen LogP contribution < -0.4 is 10.5 Å². The lowest BCUT2D eigenvalue weighted by Gasteiger charge is -2.19. The van der Waals surface area contributed by atoms with Gasteiger partial charge in [-0.25, -0.2) is 24.9 Å². The lowest BCUT2D eigenvalue weighted by Crippen LogP contribution is -2.50. The van der Waals surface area contributed by atoms with Gasteiger partial charge in [-0.05, 0) is 10.8 Å². The Hall–Kier alpha value is -5.59. The highest BCUT2D eigenvalue weighted by molar-refractivity contribution is 7.03. The van der Waals surface area contributed by atoms with Gasteiger partial charge in [-0.3, -0.25) is 0 Å². The highest BCUT2D eigenvalue weighted by Crippen LogP contribution is 2.36. The topological polar surface area (TPSA) is 64.5 Å². The van der Waals surface area contributed by atoms with Crippen LogP contribution in [-0.2, 0) is 0 Å². The van der Waals surface area contributed by atoms with E-state index in [4.69, 9.17) is 24.9 Å². The minimum atomic E-state index is -2.03. The zero-order valence-electron chi connectivity index (χ0n) is 25.0. The molecular formula is C39H29N5Si. The SMILES string of the molecule is C[Si]1(C)c2ccccc2-c2c(-c3ccccc3)nc(-c3ccc(-c4nc(-c5ccccc5)nc(-c5ccccc5)n4)cc3)nc21. The fourth-order valence-electron chi connectivity index (χ4n) is 6.18. The molecule has 0 spiro atoms. The first-order chi connectivity index (χ1) is 22.1. The van der Waals surface area contributed by atoms with Crippen LogP contribution in [0, 0.1) is 0 Å². The maximum Gasteiger partial charge on any atom is 0.164 e. The van der Waals surface area contributed by atoms with E-state index in [1.54, 1.807) is 0 Å². The molecule has 0 atom stereocenters. The summed E-state index contributed by atoms with van der Waals surface area (Å²) in [6.45, 7) is 4.78. The van der Waals surface area contributed by atoms with Crippen molar-refractivity contribution in [2.24, 2.45) is 0 Å². The van der Waals surface area contributed by atoms with Gasteiger partial charge in [-0.15, -0.1) is 0 Å². The largest absolute Gasteiger partial charge is 0.237 e. The van der Waals surface area contributed by atoms with Crippen molar-refractivity contribution in [3.05, 3.63) is 140 Å². The van der Waals surface area contributed by atoms with Gasteiger partial charge in [0.25, 0.3) is 0 Å². The van der Waals surface area contributed by atoms with Crippen molar-refractivity contribution in [3.8, 4) is 67.9 Å². The van der Waals surface area contributed by atoms with Crippen LogP contribution in [0.4, 0.5) is 0 Å². The third kappa shape index (κ3) is 4.76. The molecule has 5 aromatic carbocycles. The summed E-state index contributed by atoms with van der Waals surface area (Å²) in [6.07, 6.45) is 0. The smallest absolute Gasteiger partial charge is 0.164 e. The summed E-state index contributed by atoms with van der Waals surface area (Å²) in [6, 6.07) is 47.6. The van der Waals surface area contributed by atoms with Gasteiger partial charge in [0.05, 0.1) is 5.69 Å². The molecule has 6 heteroatoms. The number of fused-ring (bicyclic) bond motifs is 3. The van der Waals surface area contributed by atoms with Crippen LogP contribution in [0.2, 0.25) is 13.1 Å². The molecule has 0 saturated heterocycles. The van der Waals surface area contributed by atoms with E-state index in [-0.39, 0.29) is 0 Å². The summed E-state index contributed by atoms with van der Waals surface area (Å²) in [5.41, 5.74) is 8.29. The van der Waals surface area contributed by atoms with Crippen LogP contribution in [0.25, 0.3) is 67.9 Å². The van der Waals surface area contributed by atoms with Crippen LogP contribution in [0.15, 0.2) is 140 Å². The van der Waals surface area contributed by atoms with E-state index in [0.29, 0.717) is 17.5 Å². The van der Waals surface area contributed by atoms with E-state index in [2.05, 4.69) is 85.9 Å². The predicted octanol–water partition coefficient (Wildman–Crippen LogP) is 7.80. The molecule has 1 aliphatic heterocycles. The maximum atomic E-state index is 5.30. The molecule has 0 radical (unpaired) electrons. The van der Waals surface area contributed by atoms with Crippen molar-refractivity contribution >= 4 is 18.6 Å². The van der Waals surface area contributed by atoms with Crippen LogP contribution in [-0.4, -0.2) is 33.0 Å². The second-order valence-electron chi connectivity index (χ2n) is 11.8. The van der Waals surface area contributed by atoms with Crippen LogP contribution in [0.5, 0.6) is 0 Å². The van der Waals surface area contributed by atoms with Crippen molar-refractivity contribution in [3.63, 3.8) is 0 Å². The Balaban J connectivity index is 1.25. The molecule has 214 valence electrons. The van der Waals surface area contributed by atoms with Gasteiger partial charge in [0.1, 0.15) is 8.07 Å². The predicted molar refractivity (Wildman–Crippen MR) is 185 cm³/mol. The van der Waals surface area contributed by atoms with Crippen molar-refractivity contribution in [2.45, 2.75) is 13.1 Å². The molecule has 1 aliphatic rings. The van der Waals surface area contributed by atoms with Crippen molar-refractivity contribution in [1.82, 2.24) is 24.9 Å². The normalized spacial score (nSPS) is 12.8. The Morgan fingerprint density at radius 2 is 0.778 bits per heavy atom. The standard InChI is InChI=1S/C39H29N5Si/c1-45(2)32-21-13-12-20-31(32)33-34(26-14-6-3-7-15-26)40-35(44-39(33)45)29-22-24-30(25-23-29)38-42-36(27-16-8-4-9-17-27)41-37(43-38)28-18-10-5-11-19-28/h3-25H,1-2H3. The summed E-state index contributed by atoms with van der Waals surface area (Å²) < 4.78 is 0. The number of nitrogens with zero attached hydrogens (tertiary/aromatic N) is 5. The molecule has 0 unspecified atom stereocenters. The molecule has 2 aromatic heterocycles. The number of benzene rings is 5. The molecule has 0 amide bonds. The summed E-state index contributed by atoms with van der Waals surface area (Å²) in [5, 5.41) is 2.60. The highest BCUT2D eigenvalue weighted by Gasteiger charge is 2.41. The Kier molecular flexibility index (Phi) is 6.50. The van der Waals surface area contributed by atoms with Crippen LogP contribution >= 0.6 is 0 Å². The fourth-order valence-corrected chi connectivity index (χ4v) is 9.10. The minimum absolute atomic E-state index is 0.623. The summed E-state index contributed by atoms with van der Waals surface area (Å²) in [4.78, 5) is 25.1. The van der Waals surface area contributed by atoms with Gasteiger partial charge in [-0.1, -0.05) is 153 Å². The Morgan fingerprint density at radius 1 is 0.378 bits per heavy atom. The molecule has 8 rings (SSSR count). The average molecular weight is 596 g/mol. The van der Waals surface area contributed by atoms with Crippen molar-refractivity contribution < 1.29 is 0 Å². The third-order valence-corrected chi connectivity index (χ3v) is 11.8. The number of hydrogen-bond acceptors (Lipinski definition) is 5. The molecule has 0 fully saturated rings. The summed E-state index contributed by atoms with van der Waals surface area (Å²) in [7, 11) is -2.03. The molecule has 0 N–H and O–H groups in total. The van der Waals surface area contributed by atoms with Gasteiger partial charge in [0.15, 0.2) is 23.3 Å². The van der Waals surface area contributed by atoms with E-state index in [9.17, 15) is 0 Å². The first kappa shape index (κ1) is 27.0. The lowest BCUT2D eigenvalue weighted by molar-refractivity contribution is 1.07. The zero-order chi connectivity index (χ0) is 30.4.